The van der Waals surface area contributed by atoms with Crippen molar-refractivity contribution in [1.82, 2.24) is 4.98 Å². The highest BCUT2D eigenvalue weighted by Gasteiger charge is 2.30. The predicted molar refractivity (Wildman–Crippen MR) is 66.8 cm³/mol. The van der Waals surface area contributed by atoms with Crippen molar-refractivity contribution in [3.63, 3.8) is 0 Å². The number of hydrogen-bond donors (Lipinski definition) is 1. The molecule has 0 bridgehead atoms. The first-order valence-corrected chi connectivity index (χ1v) is 5.63. The molecule has 1 heterocycles. The van der Waals surface area contributed by atoms with E-state index in [-0.39, 0.29) is 11.4 Å². The predicted octanol–water partition coefficient (Wildman–Crippen LogP) is 3.82. The number of aromatic nitrogens is 1. The van der Waals surface area contributed by atoms with Crippen LogP contribution in [0.3, 0.4) is 0 Å². The van der Waals surface area contributed by atoms with Gasteiger partial charge in [0.2, 0.25) is 0 Å². The van der Waals surface area contributed by atoms with E-state index < -0.39 is 23.4 Å². The maximum atomic E-state index is 13.3. The first-order chi connectivity index (χ1) is 9.86. The van der Waals surface area contributed by atoms with Gasteiger partial charge in [0.1, 0.15) is 17.5 Å². The summed E-state index contributed by atoms with van der Waals surface area (Å²) < 4.78 is 62.9. The fourth-order valence-electron chi connectivity index (χ4n) is 1.40. The van der Waals surface area contributed by atoms with Gasteiger partial charge in [-0.05, 0) is 24.3 Å². The quantitative estimate of drug-likeness (QED) is 0.531. The molecule has 0 atom stereocenters. The summed E-state index contributed by atoms with van der Waals surface area (Å²) in [6, 6.07) is 4.85. The normalized spacial score (nSPS) is 11.9. The Morgan fingerprint density at radius 1 is 1.10 bits per heavy atom. The van der Waals surface area contributed by atoms with Gasteiger partial charge in [-0.3, -0.25) is 5.43 Å². The standard InChI is InChI=1S/C13H8F5N3/c14-10-3-1-8(11(15)5-10)6-20-21-12-4-2-9(7-19-12)13(16,17)18/h1-7H,(H,19,21)/b20-6-. The molecule has 3 nitrogen and oxygen atoms in total. The minimum Gasteiger partial charge on any atom is -0.261 e. The Kier molecular flexibility index (Phi) is 4.15. The highest BCUT2D eigenvalue weighted by atomic mass is 19.4. The molecule has 0 saturated heterocycles. The zero-order chi connectivity index (χ0) is 15.5. The highest BCUT2D eigenvalue weighted by molar-refractivity contribution is 5.80. The van der Waals surface area contributed by atoms with Crippen molar-refractivity contribution in [1.29, 1.82) is 0 Å². The number of benzene rings is 1. The Morgan fingerprint density at radius 3 is 2.43 bits per heavy atom. The third-order valence-corrected chi connectivity index (χ3v) is 2.44. The summed E-state index contributed by atoms with van der Waals surface area (Å²) in [6.45, 7) is 0. The van der Waals surface area contributed by atoms with Crippen molar-refractivity contribution < 1.29 is 22.0 Å². The van der Waals surface area contributed by atoms with Gasteiger partial charge in [-0.2, -0.15) is 18.3 Å². The summed E-state index contributed by atoms with van der Waals surface area (Å²) >= 11 is 0. The molecule has 0 unspecified atom stereocenters. The van der Waals surface area contributed by atoms with Gasteiger partial charge in [0.15, 0.2) is 0 Å². The van der Waals surface area contributed by atoms with Gasteiger partial charge >= 0.3 is 6.18 Å². The molecule has 2 rings (SSSR count). The van der Waals surface area contributed by atoms with Crippen LogP contribution in [0.15, 0.2) is 41.6 Å². The Hall–Kier alpha value is -2.51. The maximum Gasteiger partial charge on any atom is 0.417 e. The fraction of sp³-hybridized carbons (Fsp3) is 0.0769. The van der Waals surface area contributed by atoms with E-state index >= 15 is 0 Å². The van der Waals surface area contributed by atoms with Gasteiger partial charge in [0, 0.05) is 17.8 Å². The lowest BCUT2D eigenvalue weighted by Gasteiger charge is -2.06. The van der Waals surface area contributed by atoms with E-state index in [0.29, 0.717) is 12.3 Å². The van der Waals surface area contributed by atoms with Gasteiger partial charge in [-0.15, -0.1) is 0 Å². The van der Waals surface area contributed by atoms with E-state index in [4.69, 9.17) is 0 Å². The van der Waals surface area contributed by atoms with Crippen molar-refractivity contribution in [2.75, 3.05) is 5.43 Å². The van der Waals surface area contributed by atoms with Gasteiger partial charge in [-0.25, -0.2) is 13.8 Å². The molecule has 0 saturated carbocycles. The third kappa shape index (κ3) is 3.98. The second kappa shape index (κ2) is 5.86. The van der Waals surface area contributed by atoms with Crippen LogP contribution in [0.5, 0.6) is 0 Å². The number of nitrogens with one attached hydrogen (secondary N) is 1. The van der Waals surface area contributed by atoms with Gasteiger partial charge in [-0.1, -0.05) is 0 Å². The number of rotatable bonds is 3. The van der Waals surface area contributed by atoms with Crippen LogP contribution < -0.4 is 5.43 Å². The minimum atomic E-state index is -4.47. The Labute approximate surface area is 116 Å². The van der Waals surface area contributed by atoms with E-state index in [2.05, 4.69) is 15.5 Å². The van der Waals surface area contributed by atoms with Crippen LogP contribution in [0.4, 0.5) is 27.8 Å². The van der Waals surface area contributed by atoms with Crippen LogP contribution >= 0.6 is 0 Å². The zero-order valence-electron chi connectivity index (χ0n) is 10.3. The molecule has 2 aromatic rings. The number of pyridine rings is 1. The number of alkyl halides is 3. The van der Waals surface area contributed by atoms with Crippen molar-refractivity contribution in [2.24, 2.45) is 5.10 Å². The summed E-state index contributed by atoms with van der Waals surface area (Å²) in [4.78, 5) is 3.51. The molecule has 0 aliphatic heterocycles. The first kappa shape index (κ1) is 14.9. The van der Waals surface area contributed by atoms with Crippen molar-refractivity contribution in [3.05, 3.63) is 59.3 Å². The number of hydrazone groups is 1. The molecule has 0 fully saturated rings. The largest absolute Gasteiger partial charge is 0.417 e. The van der Waals surface area contributed by atoms with Gasteiger partial charge in [0.25, 0.3) is 0 Å². The molecule has 110 valence electrons. The summed E-state index contributed by atoms with van der Waals surface area (Å²) in [6.07, 6.45) is -2.75. The van der Waals surface area contributed by atoms with Crippen molar-refractivity contribution in [2.45, 2.75) is 6.18 Å². The topological polar surface area (TPSA) is 37.3 Å². The molecule has 1 aromatic heterocycles. The van der Waals surface area contributed by atoms with Crippen molar-refractivity contribution >= 4 is 12.0 Å². The maximum absolute atomic E-state index is 13.3. The number of nitrogens with zero attached hydrogens (tertiary/aromatic N) is 2. The summed E-state index contributed by atoms with van der Waals surface area (Å²) in [5.41, 5.74) is 1.48. The van der Waals surface area contributed by atoms with Crippen LogP contribution in [0.25, 0.3) is 0 Å². The molecule has 1 aromatic carbocycles. The molecule has 0 aliphatic rings. The smallest absolute Gasteiger partial charge is 0.261 e. The van der Waals surface area contributed by atoms with E-state index in [1.807, 2.05) is 0 Å². The Morgan fingerprint density at radius 2 is 1.86 bits per heavy atom. The molecular weight excluding hydrogens is 293 g/mol. The number of halogens is 5. The lowest BCUT2D eigenvalue weighted by atomic mass is 10.2. The van der Waals surface area contributed by atoms with Crippen LogP contribution in [-0.2, 0) is 6.18 Å². The first-order valence-electron chi connectivity index (χ1n) is 5.63. The summed E-state index contributed by atoms with van der Waals surface area (Å²) in [5.74, 6) is -1.47. The summed E-state index contributed by atoms with van der Waals surface area (Å²) in [5, 5.41) is 3.61. The molecular formula is C13H8F5N3. The average molecular weight is 301 g/mol. The van der Waals surface area contributed by atoms with E-state index in [1.165, 1.54) is 6.07 Å². The number of hydrogen-bond acceptors (Lipinski definition) is 3. The lowest BCUT2D eigenvalue weighted by Crippen LogP contribution is -2.05. The molecule has 21 heavy (non-hydrogen) atoms. The molecule has 0 radical (unpaired) electrons. The molecule has 0 aliphatic carbocycles. The zero-order valence-corrected chi connectivity index (χ0v) is 10.3. The van der Waals surface area contributed by atoms with Crippen LogP contribution in [-0.4, -0.2) is 11.2 Å². The average Bonchev–Trinajstić information content (AvgIpc) is 2.41. The van der Waals surface area contributed by atoms with E-state index in [9.17, 15) is 22.0 Å². The van der Waals surface area contributed by atoms with Crippen LogP contribution in [0.2, 0.25) is 0 Å². The molecule has 0 amide bonds. The molecule has 8 heteroatoms. The minimum absolute atomic E-state index is 0.0239. The fourth-order valence-corrected chi connectivity index (χ4v) is 1.40. The second-order valence-corrected chi connectivity index (χ2v) is 3.97. The number of anilines is 1. The molecule has 0 spiro atoms. The highest BCUT2D eigenvalue weighted by Crippen LogP contribution is 2.28. The summed E-state index contributed by atoms with van der Waals surface area (Å²) in [7, 11) is 0. The van der Waals surface area contributed by atoms with E-state index in [0.717, 1.165) is 24.4 Å². The Balaban J connectivity index is 2.04. The van der Waals surface area contributed by atoms with Gasteiger partial charge in [0.05, 0.1) is 11.8 Å². The van der Waals surface area contributed by atoms with Crippen LogP contribution in [0, 0.1) is 11.6 Å². The molecule has 1 N–H and O–H groups in total. The Bertz CT molecular complexity index is 650. The lowest BCUT2D eigenvalue weighted by molar-refractivity contribution is -0.137. The monoisotopic (exact) mass is 301 g/mol. The SMILES string of the molecule is Fc1ccc(/C=N\Nc2ccc(C(F)(F)F)cn2)c(F)c1. The second-order valence-electron chi connectivity index (χ2n) is 3.97. The van der Waals surface area contributed by atoms with Crippen molar-refractivity contribution in [3.8, 4) is 0 Å². The van der Waals surface area contributed by atoms with E-state index in [1.54, 1.807) is 0 Å². The van der Waals surface area contributed by atoms with Gasteiger partial charge < -0.3 is 0 Å². The third-order valence-electron chi connectivity index (χ3n) is 2.44. The van der Waals surface area contributed by atoms with Crippen LogP contribution in [0.1, 0.15) is 11.1 Å².